The summed E-state index contributed by atoms with van der Waals surface area (Å²) in [6.45, 7) is 6.93. The minimum atomic E-state index is 0.740. The van der Waals surface area contributed by atoms with E-state index in [-0.39, 0.29) is 0 Å². The Morgan fingerprint density at radius 2 is 2.46 bits per heavy atom. The number of nitrogens with zero attached hydrogens (tertiary/aromatic N) is 2. The molecule has 0 fully saturated rings. The zero-order valence-corrected chi connectivity index (χ0v) is 8.93. The van der Waals surface area contributed by atoms with Crippen LogP contribution in [0.2, 0.25) is 0 Å². The molecule has 0 aromatic carbocycles. The van der Waals surface area contributed by atoms with Crippen molar-refractivity contribution >= 4 is 12.6 Å². The number of aromatic nitrogens is 2. The van der Waals surface area contributed by atoms with E-state index >= 15 is 0 Å². The van der Waals surface area contributed by atoms with Crippen molar-refractivity contribution in [1.82, 2.24) is 9.55 Å². The second-order valence-corrected chi connectivity index (χ2v) is 3.45. The second kappa shape index (κ2) is 5.12. The van der Waals surface area contributed by atoms with Crippen LogP contribution in [0.3, 0.4) is 0 Å². The van der Waals surface area contributed by atoms with Gasteiger partial charge >= 0.3 is 0 Å². The molecule has 0 saturated heterocycles. The molecule has 0 amide bonds. The number of rotatable bonds is 5. The summed E-state index contributed by atoms with van der Waals surface area (Å²) in [5.41, 5.74) is 1.12. The van der Waals surface area contributed by atoms with Crippen LogP contribution in [0.25, 0.3) is 0 Å². The molecule has 0 aliphatic carbocycles. The van der Waals surface area contributed by atoms with Gasteiger partial charge in [-0.1, -0.05) is 13.5 Å². The van der Waals surface area contributed by atoms with Crippen LogP contribution in [0.1, 0.15) is 19.2 Å². The summed E-state index contributed by atoms with van der Waals surface area (Å²) in [6, 6.07) is 0. The first-order valence-corrected chi connectivity index (χ1v) is 5.18. The molecule has 0 aliphatic rings. The Balaban J connectivity index is 2.64. The van der Waals surface area contributed by atoms with E-state index in [2.05, 4.69) is 35.7 Å². The van der Waals surface area contributed by atoms with E-state index in [0.717, 1.165) is 36.5 Å². The Morgan fingerprint density at radius 1 is 1.69 bits per heavy atom. The molecular weight excluding hydrogens is 180 g/mol. The van der Waals surface area contributed by atoms with E-state index in [1.54, 1.807) is 0 Å². The molecule has 3 heteroatoms. The number of hydrogen-bond donors (Lipinski definition) is 1. The van der Waals surface area contributed by atoms with Gasteiger partial charge in [-0.15, -0.1) is 0 Å². The molecule has 1 aromatic heterocycles. The van der Waals surface area contributed by atoms with Gasteiger partial charge in [0.25, 0.3) is 0 Å². The van der Waals surface area contributed by atoms with Crippen molar-refractivity contribution < 1.29 is 0 Å². The third kappa shape index (κ3) is 2.92. The van der Waals surface area contributed by atoms with E-state index in [0.29, 0.717) is 0 Å². The molecule has 0 unspecified atom stereocenters. The van der Waals surface area contributed by atoms with Gasteiger partial charge in [-0.05, 0) is 12.0 Å². The minimum Gasteiger partial charge on any atom is -0.331 e. The quantitative estimate of drug-likeness (QED) is 0.565. The molecule has 0 radical (unpaired) electrons. The van der Waals surface area contributed by atoms with Gasteiger partial charge in [-0.3, -0.25) is 0 Å². The maximum absolute atomic E-state index is 4.29. The van der Waals surface area contributed by atoms with E-state index in [1.165, 1.54) is 0 Å². The van der Waals surface area contributed by atoms with Crippen molar-refractivity contribution in [3.05, 3.63) is 30.4 Å². The molecule has 1 heterocycles. The van der Waals surface area contributed by atoms with Crippen molar-refractivity contribution in [3.8, 4) is 0 Å². The van der Waals surface area contributed by atoms with E-state index in [4.69, 9.17) is 0 Å². The Morgan fingerprint density at radius 3 is 3.08 bits per heavy atom. The van der Waals surface area contributed by atoms with Crippen LogP contribution in [0.4, 0.5) is 0 Å². The molecular formula is C10H16N2S. The predicted molar refractivity (Wildman–Crippen MR) is 59.2 cm³/mol. The van der Waals surface area contributed by atoms with Crippen LogP contribution in [0.15, 0.2) is 24.5 Å². The van der Waals surface area contributed by atoms with Crippen molar-refractivity contribution in [3.63, 3.8) is 0 Å². The largest absolute Gasteiger partial charge is 0.331 e. The third-order valence-electron chi connectivity index (χ3n) is 1.89. The Bertz CT molecular complexity index is 278. The average molecular weight is 196 g/mol. The standard InChI is InChI=1S/C10H16N2S/c1-3-4-10-11-5-6-12(10)7-9(2)8-13/h5-6,13H,2-4,7-8H2,1H3. The van der Waals surface area contributed by atoms with Gasteiger partial charge in [-0.25, -0.2) is 4.98 Å². The van der Waals surface area contributed by atoms with Crippen LogP contribution < -0.4 is 0 Å². The summed E-state index contributed by atoms with van der Waals surface area (Å²) >= 11 is 4.18. The lowest BCUT2D eigenvalue weighted by molar-refractivity contribution is 0.700. The fraction of sp³-hybridized carbons (Fsp3) is 0.500. The monoisotopic (exact) mass is 196 g/mol. The summed E-state index contributed by atoms with van der Waals surface area (Å²) in [4.78, 5) is 4.29. The fourth-order valence-electron chi connectivity index (χ4n) is 1.23. The first kappa shape index (κ1) is 10.4. The second-order valence-electron chi connectivity index (χ2n) is 3.13. The maximum Gasteiger partial charge on any atom is 0.108 e. The van der Waals surface area contributed by atoms with Crippen LogP contribution in [-0.4, -0.2) is 15.3 Å². The Labute approximate surface area is 85.1 Å². The highest BCUT2D eigenvalue weighted by atomic mass is 32.1. The van der Waals surface area contributed by atoms with Gasteiger partial charge in [0.1, 0.15) is 5.82 Å². The first-order chi connectivity index (χ1) is 6.27. The summed E-state index contributed by atoms with van der Waals surface area (Å²) in [5.74, 6) is 1.88. The Kier molecular flexibility index (Phi) is 4.09. The normalized spacial score (nSPS) is 10.3. The summed E-state index contributed by atoms with van der Waals surface area (Å²) in [7, 11) is 0. The van der Waals surface area contributed by atoms with Crippen molar-refractivity contribution in [2.45, 2.75) is 26.3 Å². The lowest BCUT2D eigenvalue weighted by atomic mass is 10.3. The van der Waals surface area contributed by atoms with Gasteiger partial charge in [0.2, 0.25) is 0 Å². The molecule has 0 bridgehead atoms. The van der Waals surface area contributed by atoms with Crippen molar-refractivity contribution in [2.75, 3.05) is 5.75 Å². The summed E-state index contributed by atoms with van der Waals surface area (Å²) < 4.78 is 2.14. The molecule has 1 aromatic rings. The van der Waals surface area contributed by atoms with Gasteiger partial charge in [0.15, 0.2) is 0 Å². The van der Waals surface area contributed by atoms with Crippen molar-refractivity contribution in [1.29, 1.82) is 0 Å². The predicted octanol–water partition coefficient (Wildman–Crippen LogP) is 2.32. The number of imidazole rings is 1. The molecule has 0 spiro atoms. The SMILES string of the molecule is C=C(CS)Cn1ccnc1CCC. The number of thiol groups is 1. The average Bonchev–Trinajstić information content (AvgIpc) is 2.54. The summed E-state index contributed by atoms with van der Waals surface area (Å²) in [5, 5.41) is 0. The number of hydrogen-bond acceptors (Lipinski definition) is 2. The molecule has 2 nitrogen and oxygen atoms in total. The molecule has 13 heavy (non-hydrogen) atoms. The molecule has 0 saturated carbocycles. The number of aryl methyl sites for hydroxylation is 1. The fourth-order valence-corrected chi connectivity index (χ4v) is 1.33. The maximum atomic E-state index is 4.29. The van der Waals surface area contributed by atoms with Crippen molar-refractivity contribution in [2.24, 2.45) is 0 Å². The van der Waals surface area contributed by atoms with Crippen LogP contribution in [0.5, 0.6) is 0 Å². The topological polar surface area (TPSA) is 17.8 Å². The molecule has 0 atom stereocenters. The molecule has 1 rings (SSSR count). The van der Waals surface area contributed by atoms with Gasteiger partial charge in [0, 0.05) is 31.1 Å². The lowest BCUT2D eigenvalue weighted by Crippen LogP contribution is -2.05. The van der Waals surface area contributed by atoms with Gasteiger partial charge < -0.3 is 4.57 Å². The van der Waals surface area contributed by atoms with Crippen LogP contribution in [-0.2, 0) is 13.0 Å². The van der Waals surface area contributed by atoms with Crippen LogP contribution in [0, 0.1) is 0 Å². The zero-order chi connectivity index (χ0) is 9.68. The van der Waals surface area contributed by atoms with E-state index in [9.17, 15) is 0 Å². The molecule has 0 N–H and O–H groups in total. The molecule has 0 aliphatic heterocycles. The lowest BCUT2D eigenvalue weighted by Gasteiger charge is -2.07. The smallest absolute Gasteiger partial charge is 0.108 e. The minimum absolute atomic E-state index is 0.740. The highest BCUT2D eigenvalue weighted by Gasteiger charge is 2.01. The van der Waals surface area contributed by atoms with Crippen LogP contribution >= 0.6 is 12.6 Å². The van der Waals surface area contributed by atoms with E-state index < -0.39 is 0 Å². The van der Waals surface area contributed by atoms with E-state index in [1.807, 2.05) is 12.4 Å². The third-order valence-corrected chi connectivity index (χ3v) is 2.34. The first-order valence-electron chi connectivity index (χ1n) is 4.55. The van der Waals surface area contributed by atoms with Gasteiger partial charge in [-0.2, -0.15) is 12.6 Å². The zero-order valence-electron chi connectivity index (χ0n) is 8.03. The highest BCUT2D eigenvalue weighted by molar-refractivity contribution is 7.80. The Hall–Kier alpha value is -0.700. The van der Waals surface area contributed by atoms with Gasteiger partial charge in [0.05, 0.1) is 0 Å². The molecule has 72 valence electrons. The summed E-state index contributed by atoms with van der Waals surface area (Å²) in [6.07, 6.45) is 6.01. The highest BCUT2D eigenvalue weighted by Crippen LogP contribution is 2.05.